The van der Waals surface area contributed by atoms with E-state index in [9.17, 15) is 9.60 Å². The Morgan fingerprint density at radius 1 is 1.24 bits per heavy atom. The SMILES string of the molecule is COc1ccc(-c2cc(/C(=N\O)Nc3ccc(F)c(Cl)c3)on2)cc1. The molecule has 0 aliphatic carbocycles. The van der Waals surface area contributed by atoms with Gasteiger partial charge in [0.15, 0.2) is 0 Å². The number of nitrogens with one attached hydrogen (secondary N) is 1. The molecule has 0 amide bonds. The van der Waals surface area contributed by atoms with Crippen molar-refractivity contribution in [2.75, 3.05) is 12.4 Å². The zero-order valence-electron chi connectivity index (χ0n) is 13.0. The van der Waals surface area contributed by atoms with Crippen molar-refractivity contribution in [2.24, 2.45) is 5.16 Å². The van der Waals surface area contributed by atoms with E-state index >= 15 is 0 Å². The minimum Gasteiger partial charge on any atom is -0.497 e. The van der Waals surface area contributed by atoms with Gasteiger partial charge in [-0.2, -0.15) is 0 Å². The zero-order valence-corrected chi connectivity index (χ0v) is 13.8. The summed E-state index contributed by atoms with van der Waals surface area (Å²) in [5, 5.41) is 19.1. The molecule has 2 N–H and O–H groups in total. The molecular formula is C17H13ClFN3O3. The summed E-state index contributed by atoms with van der Waals surface area (Å²) in [6, 6.07) is 12.9. The van der Waals surface area contributed by atoms with Gasteiger partial charge in [-0.25, -0.2) is 4.39 Å². The molecule has 1 heterocycles. The average Bonchev–Trinajstić information content (AvgIpc) is 3.12. The van der Waals surface area contributed by atoms with Gasteiger partial charge >= 0.3 is 0 Å². The predicted octanol–water partition coefficient (Wildman–Crippen LogP) is 4.39. The largest absolute Gasteiger partial charge is 0.497 e. The lowest BCUT2D eigenvalue weighted by Crippen LogP contribution is -2.12. The summed E-state index contributed by atoms with van der Waals surface area (Å²) in [6.45, 7) is 0. The van der Waals surface area contributed by atoms with Gasteiger partial charge in [-0.15, -0.1) is 0 Å². The fraction of sp³-hybridized carbons (Fsp3) is 0.0588. The van der Waals surface area contributed by atoms with E-state index in [0.29, 0.717) is 11.4 Å². The number of oxime groups is 1. The van der Waals surface area contributed by atoms with Crippen molar-refractivity contribution >= 4 is 23.1 Å². The maximum atomic E-state index is 13.2. The first kappa shape index (κ1) is 16.8. The zero-order chi connectivity index (χ0) is 17.8. The number of halogens is 2. The van der Waals surface area contributed by atoms with Gasteiger partial charge in [-0.1, -0.05) is 21.9 Å². The number of amidine groups is 1. The molecule has 0 fully saturated rings. The van der Waals surface area contributed by atoms with E-state index in [1.54, 1.807) is 25.3 Å². The molecule has 1 aromatic heterocycles. The maximum Gasteiger partial charge on any atom is 0.215 e. The third-order valence-corrected chi connectivity index (χ3v) is 3.70. The smallest absolute Gasteiger partial charge is 0.215 e. The third-order valence-electron chi connectivity index (χ3n) is 3.41. The molecule has 0 bridgehead atoms. The molecule has 128 valence electrons. The highest BCUT2D eigenvalue weighted by atomic mass is 35.5. The summed E-state index contributed by atoms with van der Waals surface area (Å²) in [5.41, 5.74) is 1.79. The van der Waals surface area contributed by atoms with Crippen molar-refractivity contribution in [3.8, 4) is 17.0 Å². The van der Waals surface area contributed by atoms with Crippen LogP contribution >= 0.6 is 11.6 Å². The summed E-state index contributed by atoms with van der Waals surface area (Å²) >= 11 is 5.73. The molecule has 8 heteroatoms. The van der Waals surface area contributed by atoms with Crippen LogP contribution in [0.15, 0.2) is 58.2 Å². The number of hydrogen-bond donors (Lipinski definition) is 2. The van der Waals surface area contributed by atoms with Gasteiger partial charge in [0.25, 0.3) is 0 Å². The number of aromatic nitrogens is 1. The van der Waals surface area contributed by atoms with Gasteiger partial charge in [-0.05, 0) is 42.5 Å². The molecule has 3 aromatic rings. The Labute approximate surface area is 147 Å². The normalized spacial score (nSPS) is 11.4. The topological polar surface area (TPSA) is 79.9 Å². The van der Waals surface area contributed by atoms with E-state index in [1.807, 2.05) is 12.1 Å². The molecule has 0 aliphatic heterocycles. The second kappa shape index (κ2) is 7.23. The number of methoxy groups -OCH3 is 1. The van der Waals surface area contributed by atoms with E-state index in [1.165, 1.54) is 18.2 Å². The summed E-state index contributed by atoms with van der Waals surface area (Å²) in [7, 11) is 1.58. The predicted molar refractivity (Wildman–Crippen MR) is 91.8 cm³/mol. The third kappa shape index (κ3) is 3.72. The minimum absolute atomic E-state index is 0.00920. The molecule has 0 aliphatic rings. The van der Waals surface area contributed by atoms with Crippen LogP contribution in [0.2, 0.25) is 5.02 Å². The lowest BCUT2D eigenvalue weighted by atomic mass is 10.1. The molecular weight excluding hydrogens is 349 g/mol. The van der Waals surface area contributed by atoms with Crippen molar-refractivity contribution in [3.63, 3.8) is 0 Å². The van der Waals surface area contributed by atoms with Crippen LogP contribution in [0, 0.1) is 5.82 Å². The van der Waals surface area contributed by atoms with Crippen molar-refractivity contribution in [1.29, 1.82) is 0 Å². The summed E-state index contributed by atoms with van der Waals surface area (Å²) in [5.74, 6) is 0.389. The van der Waals surface area contributed by atoms with Gasteiger partial charge in [0.1, 0.15) is 17.3 Å². The molecule has 0 atom stereocenters. The first-order valence-corrected chi connectivity index (χ1v) is 7.54. The van der Waals surface area contributed by atoms with Gasteiger partial charge in [0.05, 0.1) is 12.1 Å². The standard InChI is InChI=1S/C17H13ClFN3O3/c1-24-12-5-2-10(3-6-12)15-9-16(25-22-15)17(21-23)20-11-4-7-14(19)13(18)8-11/h2-9,23H,1H3,(H,20,21). The number of ether oxygens (including phenoxy) is 1. The summed E-state index contributed by atoms with van der Waals surface area (Å²) in [6.07, 6.45) is 0. The second-order valence-electron chi connectivity index (χ2n) is 5.01. The van der Waals surface area contributed by atoms with Crippen LogP contribution in [0.1, 0.15) is 5.76 Å². The Balaban J connectivity index is 1.82. The van der Waals surface area contributed by atoms with Crippen molar-refractivity contribution < 1.29 is 18.9 Å². The van der Waals surface area contributed by atoms with Crippen LogP contribution in [0.4, 0.5) is 10.1 Å². The van der Waals surface area contributed by atoms with Crippen molar-refractivity contribution in [1.82, 2.24) is 5.16 Å². The first-order valence-electron chi connectivity index (χ1n) is 7.16. The summed E-state index contributed by atoms with van der Waals surface area (Å²) in [4.78, 5) is 0. The molecule has 0 saturated heterocycles. The average molecular weight is 362 g/mol. The van der Waals surface area contributed by atoms with Crippen LogP contribution in [-0.2, 0) is 0 Å². The quantitative estimate of drug-likeness (QED) is 0.312. The number of anilines is 1. The van der Waals surface area contributed by atoms with Crippen LogP contribution < -0.4 is 10.1 Å². The number of rotatable bonds is 4. The van der Waals surface area contributed by atoms with Crippen LogP contribution in [0.25, 0.3) is 11.3 Å². The molecule has 0 unspecified atom stereocenters. The van der Waals surface area contributed by atoms with E-state index in [2.05, 4.69) is 15.6 Å². The van der Waals surface area contributed by atoms with Gasteiger partial charge in [-0.3, -0.25) is 0 Å². The Hall–Kier alpha value is -3.06. The Kier molecular flexibility index (Phi) is 4.85. The van der Waals surface area contributed by atoms with Gasteiger partial charge in [0.2, 0.25) is 11.6 Å². The van der Waals surface area contributed by atoms with Crippen molar-refractivity contribution in [2.45, 2.75) is 0 Å². The van der Waals surface area contributed by atoms with E-state index in [4.69, 9.17) is 20.9 Å². The van der Waals surface area contributed by atoms with Crippen LogP contribution in [0.5, 0.6) is 5.75 Å². The molecule has 0 radical (unpaired) electrons. The Morgan fingerprint density at radius 3 is 2.64 bits per heavy atom. The highest BCUT2D eigenvalue weighted by Crippen LogP contribution is 2.24. The molecule has 3 rings (SSSR count). The van der Waals surface area contributed by atoms with Gasteiger partial charge in [0, 0.05) is 17.3 Å². The van der Waals surface area contributed by atoms with Gasteiger partial charge < -0.3 is 19.8 Å². The lowest BCUT2D eigenvalue weighted by Gasteiger charge is -2.05. The molecule has 0 spiro atoms. The highest BCUT2D eigenvalue weighted by molar-refractivity contribution is 6.31. The fourth-order valence-electron chi connectivity index (χ4n) is 2.13. The molecule has 2 aromatic carbocycles. The van der Waals surface area contributed by atoms with E-state index in [0.717, 1.165) is 11.3 Å². The van der Waals surface area contributed by atoms with Crippen LogP contribution in [0.3, 0.4) is 0 Å². The minimum atomic E-state index is -0.545. The molecule has 6 nitrogen and oxygen atoms in total. The maximum absolute atomic E-state index is 13.2. The highest BCUT2D eigenvalue weighted by Gasteiger charge is 2.14. The van der Waals surface area contributed by atoms with Crippen molar-refractivity contribution in [3.05, 3.63) is 65.1 Å². The Morgan fingerprint density at radius 2 is 2.00 bits per heavy atom. The number of benzene rings is 2. The molecule has 25 heavy (non-hydrogen) atoms. The number of hydrogen-bond acceptors (Lipinski definition) is 5. The Bertz CT molecular complexity index is 910. The summed E-state index contributed by atoms with van der Waals surface area (Å²) < 4.78 is 23.5. The number of nitrogens with zero attached hydrogens (tertiary/aromatic N) is 2. The fourth-order valence-corrected chi connectivity index (χ4v) is 2.31. The monoisotopic (exact) mass is 361 g/mol. The molecule has 0 saturated carbocycles. The van der Waals surface area contributed by atoms with E-state index in [-0.39, 0.29) is 16.6 Å². The van der Waals surface area contributed by atoms with Crippen LogP contribution in [-0.4, -0.2) is 23.3 Å². The first-order chi connectivity index (χ1) is 12.1. The van der Waals surface area contributed by atoms with E-state index < -0.39 is 5.82 Å². The lowest BCUT2D eigenvalue weighted by molar-refractivity contribution is 0.316. The second-order valence-corrected chi connectivity index (χ2v) is 5.41.